The maximum atomic E-state index is 13.2. The highest BCUT2D eigenvalue weighted by Gasteiger charge is 2.20. The van der Waals surface area contributed by atoms with Crippen molar-refractivity contribution in [2.75, 3.05) is 12.1 Å². The van der Waals surface area contributed by atoms with E-state index >= 15 is 0 Å². The molecule has 29 heavy (non-hydrogen) atoms. The second kappa shape index (κ2) is 8.22. The third kappa shape index (κ3) is 4.32. The SMILES string of the molecule is CC(C)N(Cc1ccccc1)C(=O)c1ccnc(Nc2ccc3c(c2)OCO3)c1. The van der Waals surface area contributed by atoms with Gasteiger partial charge < -0.3 is 19.7 Å². The summed E-state index contributed by atoms with van der Waals surface area (Å²) in [5.41, 5.74) is 2.51. The number of benzene rings is 2. The number of carbonyl (C=O) groups is 1. The molecule has 0 aliphatic carbocycles. The highest BCUT2D eigenvalue weighted by Crippen LogP contribution is 2.35. The Kier molecular flexibility index (Phi) is 5.33. The molecule has 6 nitrogen and oxygen atoms in total. The van der Waals surface area contributed by atoms with Gasteiger partial charge in [-0.1, -0.05) is 30.3 Å². The minimum absolute atomic E-state index is 0.0278. The van der Waals surface area contributed by atoms with Crippen molar-refractivity contribution < 1.29 is 14.3 Å². The van der Waals surface area contributed by atoms with Crippen molar-refractivity contribution in [1.29, 1.82) is 0 Å². The van der Waals surface area contributed by atoms with Crippen molar-refractivity contribution in [1.82, 2.24) is 9.88 Å². The maximum Gasteiger partial charge on any atom is 0.254 e. The molecule has 148 valence electrons. The molecule has 4 rings (SSSR count). The molecule has 0 radical (unpaired) electrons. The Hall–Kier alpha value is -3.54. The first-order valence-corrected chi connectivity index (χ1v) is 9.58. The van der Waals surface area contributed by atoms with Crippen LogP contribution in [0.25, 0.3) is 0 Å². The lowest BCUT2D eigenvalue weighted by Crippen LogP contribution is -2.36. The second-order valence-corrected chi connectivity index (χ2v) is 7.14. The molecule has 0 bridgehead atoms. The highest BCUT2D eigenvalue weighted by molar-refractivity contribution is 5.95. The number of rotatable bonds is 6. The van der Waals surface area contributed by atoms with E-state index in [0.29, 0.717) is 23.7 Å². The van der Waals surface area contributed by atoms with Crippen LogP contribution in [-0.4, -0.2) is 28.6 Å². The van der Waals surface area contributed by atoms with E-state index < -0.39 is 0 Å². The fourth-order valence-electron chi connectivity index (χ4n) is 3.19. The molecule has 1 N–H and O–H groups in total. The summed E-state index contributed by atoms with van der Waals surface area (Å²) in [4.78, 5) is 19.4. The van der Waals surface area contributed by atoms with Crippen molar-refractivity contribution >= 4 is 17.4 Å². The minimum Gasteiger partial charge on any atom is -0.454 e. The van der Waals surface area contributed by atoms with E-state index in [9.17, 15) is 4.79 Å². The molecule has 0 saturated heterocycles. The van der Waals surface area contributed by atoms with E-state index in [0.717, 1.165) is 17.0 Å². The molecule has 0 saturated carbocycles. The van der Waals surface area contributed by atoms with Gasteiger partial charge in [-0.05, 0) is 43.7 Å². The predicted octanol–water partition coefficient (Wildman–Crippen LogP) is 4.60. The number of hydrogen-bond acceptors (Lipinski definition) is 5. The summed E-state index contributed by atoms with van der Waals surface area (Å²) in [5, 5.41) is 3.23. The molecule has 1 amide bonds. The lowest BCUT2D eigenvalue weighted by molar-refractivity contribution is 0.0690. The molecule has 1 aromatic heterocycles. The van der Waals surface area contributed by atoms with Gasteiger partial charge in [0.2, 0.25) is 6.79 Å². The van der Waals surface area contributed by atoms with Crippen molar-refractivity contribution in [3.05, 3.63) is 78.0 Å². The van der Waals surface area contributed by atoms with E-state index in [1.807, 2.05) is 67.3 Å². The zero-order valence-corrected chi connectivity index (χ0v) is 16.5. The number of anilines is 2. The average molecular weight is 389 g/mol. The summed E-state index contributed by atoms with van der Waals surface area (Å²) < 4.78 is 10.7. The third-order valence-electron chi connectivity index (χ3n) is 4.73. The van der Waals surface area contributed by atoms with Crippen LogP contribution in [0.3, 0.4) is 0 Å². The number of aromatic nitrogens is 1. The fourth-order valence-corrected chi connectivity index (χ4v) is 3.19. The molecule has 1 aliphatic heterocycles. The molecule has 1 aliphatic rings. The van der Waals surface area contributed by atoms with Crippen molar-refractivity contribution in [3.63, 3.8) is 0 Å². The standard InChI is InChI=1S/C23H23N3O3/c1-16(2)26(14-17-6-4-3-5-7-17)23(27)18-10-11-24-22(12-18)25-19-8-9-20-21(13-19)29-15-28-20/h3-13,16H,14-15H2,1-2H3,(H,24,25). The number of nitrogens with one attached hydrogen (secondary N) is 1. The number of amides is 1. The third-order valence-corrected chi connectivity index (χ3v) is 4.73. The number of hydrogen-bond donors (Lipinski definition) is 1. The van der Waals surface area contributed by atoms with Crippen LogP contribution >= 0.6 is 0 Å². The van der Waals surface area contributed by atoms with Gasteiger partial charge >= 0.3 is 0 Å². The van der Waals surface area contributed by atoms with Crippen LogP contribution in [0.2, 0.25) is 0 Å². The van der Waals surface area contributed by atoms with Gasteiger partial charge in [-0.15, -0.1) is 0 Å². The Bertz CT molecular complexity index is 1010. The number of nitrogens with zero attached hydrogens (tertiary/aromatic N) is 2. The van der Waals surface area contributed by atoms with Gasteiger partial charge in [0.25, 0.3) is 5.91 Å². The summed E-state index contributed by atoms with van der Waals surface area (Å²) in [6.07, 6.45) is 1.64. The van der Waals surface area contributed by atoms with Gasteiger partial charge in [0.05, 0.1) is 0 Å². The first-order valence-electron chi connectivity index (χ1n) is 9.58. The normalized spacial score (nSPS) is 12.1. The fraction of sp³-hybridized carbons (Fsp3) is 0.217. The Morgan fingerprint density at radius 3 is 2.66 bits per heavy atom. The van der Waals surface area contributed by atoms with Gasteiger partial charge in [-0.3, -0.25) is 4.79 Å². The minimum atomic E-state index is -0.0278. The van der Waals surface area contributed by atoms with Crippen molar-refractivity contribution in [2.24, 2.45) is 0 Å². The number of fused-ring (bicyclic) bond motifs is 1. The molecular weight excluding hydrogens is 366 g/mol. The molecular formula is C23H23N3O3. The monoisotopic (exact) mass is 389 g/mol. The van der Waals surface area contributed by atoms with E-state index in [4.69, 9.17) is 9.47 Å². The van der Waals surface area contributed by atoms with Crippen LogP contribution in [0, 0.1) is 0 Å². The van der Waals surface area contributed by atoms with E-state index in [1.54, 1.807) is 18.3 Å². The number of ether oxygens (including phenoxy) is 2. The molecule has 2 aromatic carbocycles. The lowest BCUT2D eigenvalue weighted by atomic mass is 10.1. The van der Waals surface area contributed by atoms with Crippen LogP contribution in [0.4, 0.5) is 11.5 Å². The molecule has 2 heterocycles. The smallest absolute Gasteiger partial charge is 0.254 e. The van der Waals surface area contributed by atoms with Crippen LogP contribution in [0.1, 0.15) is 29.8 Å². The second-order valence-electron chi connectivity index (χ2n) is 7.14. The van der Waals surface area contributed by atoms with Gasteiger partial charge in [0.1, 0.15) is 5.82 Å². The first kappa shape index (κ1) is 18.8. The van der Waals surface area contributed by atoms with E-state index in [-0.39, 0.29) is 18.7 Å². The van der Waals surface area contributed by atoms with Crippen molar-refractivity contribution in [3.8, 4) is 11.5 Å². The number of carbonyl (C=O) groups excluding carboxylic acids is 1. The largest absolute Gasteiger partial charge is 0.454 e. The van der Waals surface area contributed by atoms with Crippen LogP contribution < -0.4 is 14.8 Å². The highest BCUT2D eigenvalue weighted by atomic mass is 16.7. The van der Waals surface area contributed by atoms with E-state index in [1.165, 1.54) is 0 Å². The van der Waals surface area contributed by atoms with Crippen LogP contribution in [0.15, 0.2) is 66.9 Å². The molecule has 3 aromatic rings. The summed E-state index contributed by atoms with van der Waals surface area (Å²) in [7, 11) is 0. The van der Waals surface area contributed by atoms with Gasteiger partial charge in [-0.25, -0.2) is 4.98 Å². The molecule has 0 unspecified atom stereocenters. The Labute approximate surface area is 170 Å². The molecule has 6 heteroatoms. The quantitative estimate of drug-likeness (QED) is 0.667. The lowest BCUT2D eigenvalue weighted by Gasteiger charge is -2.27. The predicted molar refractivity (Wildman–Crippen MR) is 112 cm³/mol. The maximum absolute atomic E-state index is 13.2. The number of pyridine rings is 1. The summed E-state index contributed by atoms with van der Waals surface area (Å²) in [6.45, 7) is 4.83. The zero-order chi connectivity index (χ0) is 20.2. The Morgan fingerprint density at radius 1 is 1.07 bits per heavy atom. The van der Waals surface area contributed by atoms with E-state index in [2.05, 4.69) is 10.3 Å². The average Bonchev–Trinajstić information content (AvgIpc) is 3.20. The molecule has 0 fully saturated rings. The first-order chi connectivity index (χ1) is 14.1. The Morgan fingerprint density at radius 2 is 1.86 bits per heavy atom. The van der Waals surface area contributed by atoms with Crippen LogP contribution in [-0.2, 0) is 6.54 Å². The van der Waals surface area contributed by atoms with Gasteiger partial charge in [0.15, 0.2) is 11.5 Å². The summed E-state index contributed by atoms with van der Waals surface area (Å²) >= 11 is 0. The summed E-state index contributed by atoms with van der Waals surface area (Å²) in [6, 6.07) is 19.2. The topological polar surface area (TPSA) is 63.7 Å². The Balaban J connectivity index is 1.52. The molecule has 0 spiro atoms. The summed E-state index contributed by atoms with van der Waals surface area (Å²) in [5.74, 6) is 1.98. The van der Waals surface area contributed by atoms with Gasteiger partial charge in [0, 0.05) is 36.1 Å². The van der Waals surface area contributed by atoms with Crippen molar-refractivity contribution in [2.45, 2.75) is 26.4 Å². The van der Waals surface area contributed by atoms with Gasteiger partial charge in [-0.2, -0.15) is 0 Å². The molecule has 0 atom stereocenters. The zero-order valence-electron chi connectivity index (χ0n) is 16.5. The van der Waals surface area contributed by atoms with Crippen LogP contribution in [0.5, 0.6) is 11.5 Å².